The average molecular weight is 282 g/mol. The molecule has 1 aliphatic carbocycles. The minimum Gasteiger partial charge on any atom is -0.381 e. The maximum absolute atomic E-state index is 12.4. The maximum atomic E-state index is 12.4. The molecule has 1 aliphatic rings. The van der Waals surface area contributed by atoms with Crippen LogP contribution in [0.2, 0.25) is 0 Å². The predicted molar refractivity (Wildman–Crippen MR) is 76.0 cm³/mol. The average Bonchev–Trinajstić information content (AvgIpc) is 2.39. The van der Waals surface area contributed by atoms with Gasteiger partial charge in [0.25, 0.3) is 0 Å². The minimum atomic E-state index is -3.20. The Labute approximate surface area is 115 Å². The van der Waals surface area contributed by atoms with E-state index in [9.17, 15) is 8.42 Å². The third-order valence-electron chi connectivity index (χ3n) is 3.96. The third-order valence-corrected chi connectivity index (χ3v) is 5.81. The molecule has 0 aromatic heterocycles. The van der Waals surface area contributed by atoms with Crippen LogP contribution in [0.15, 0.2) is 29.2 Å². The molecule has 0 bridgehead atoms. The fraction of sp³-hybridized carbons (Fsp3) is 0.600. The Morgan fingerprint density at radius 2 is 1.79 bits per heavy atom. The monoisotopic (exact) mass is 282 g/mol. The molecule has 0 heterocycles. The lowest BCUT2D eigenvalue weighted by atomic mass is 9.88. The number of benzene rings is 1. The largest absolute Gasteiger partial charge is 0.381 e. The van der Waals surface area contributed by atoms with Crippen LogP contribution < -0.4 is 0 Å². The van der Waals surface area contributed by atoms with Crippen LogP contribution in [0.4, 0.5) is 0 Å². The number of sulfone groups is 1. The number of rotatable bonds is 4. The molecule has 2 rings (SSSR count). The van der Waals surface area contributed by atoms with E-state index in [1.54, 1.807) is 19.2 Å². The molecular formula is C15H22O3S. The van der Waals surface area contributed by atoms with Gasteiger partial charge >= 0.3 is 0 Å². The SMILES string of the molecule is CO[C@@H]1CCCC[C@H]1CS(=O)(=O)c1ccc(C)cc1. The summed E-state index contributed by atoms with van der Waals surface area (Å²) in [7, 11) is -1.52. The smallest absolute Gasteiger partial charge is 0.178 e. The van der Waals surface area contributed by atoms with E-state index in [-0.39, 0.29) is 17.8 Å². The van der Waals surface area contributed by atoms with Crippen LogP contribution in [0, 0.1) is 12.8 Å². The van der Waals surface area contributed by atoms with E-state index in [4.69, 9.17) is 4.74 Å². The topological polar surface area (TPSA) is 43.4 Å². The molecule has 2 atom stereocenters. The van der Waals surface area contributed by atoms with Gasteiger partial charge in [-0.3, -0.25) is 0 Å². The third kappa shape index (κ3) is 3.57. The Morgan fingerprint density at radius 1 is 1.16 bits per heavy atom. The van der Waals surface area contributed by atoms with Gasteiger partial charge in [0, 0.05) is 7.11 Å². The summed E-state index contributed by atoms with van der Waals surface area (Å²) in [6.45, 7) is 1.96. The van der Waals surface area contributed by atoms with Crippen molar-refractivity contribution in [2.45, 2.75) is 43.6 Å². The predicted octanol–water partition coefficient (Wildman–Crippen LogP) is 2.97. The van der Waals surface area contributed by atoms with Crippen molar-refractivity contribution < 1.29 is 13.2 Å². The molecule has 0 aliphatic heterocycles. The van der Waals surface area contributed by atoms with E-state index < -0.39 is 9.84 Å². The zero-order chi connectivity index (χ0) is 13.9. The zero-order valence-electron chi connectivity index (χ0n) is 11.6. The zero-order valence-corrected chi connectivity index (χ0v) is 12.4. The normalized spacial score (nSPS) is 24.3. The summed E-state index contributed by atoms with van der Waals surface area (Å²) in [4.78, 5) is 0.429. The molecule has 1 aromatic carbocycles. The van der Waals surface area contributed by atoms with Crippen LogP contribution >= 0.6 is 0 Å². The van der Waals surface area contributed by atoms with Crippen LogP contribution in [-0.2, 0) is 14.6 Å². The van der Waals surface area contributed by atoms with Crippen molar-refractivity contribution in [3.05, 3.63) is 29.8 Å². The van der Waals surface area contributed by atoms with Gasteiger partial charge in [-0.25, -0.2) is 8.42 Å². The molecule has 19 heavy (non-hydrogen) atoms. The van der Waals surface area contributed by atoms with Gasteiger partial charge in [-0.15, -0.1) is 0 Å². The van der Waals surface area contributed by atoms with Crippen LogP contribution in [0.1, 0.15) is 31.2 Å². The lowest BCUT2D eigenvalue weighted by Crippen LogP contribution is -2.32. The highest BCUT2D eigenvalue weighted by Crippen LogP contribution is 2.29. The van der Waals surface area contributed by atoms with Gasteiger partial charge in [-0.05, 0) is 37.8 Å². The molecule has 106 valence electrons. The second-order valence-corrected chi connectivity index (χ2v) is 7.45. The fourth-order valence-electron chi connectivity index (χ4n) is 2.80. The van der Waals surface area contributed by atoms with Crippen molar-refractivity contribution in [2.24, 2.45) is 5.92 Å². The Kier molecular flexibility index (Phi) is 4.63. The molecule has 0 amide bonds. The van der Waals surface area contributed by atoms with Gasteiger partial charge in [-0.2, -0.15) is 0 Å². The fourth-order valence-corrected chi connectivity index (χ4v) is 4.49. The molecule has 3 nitrogen and oxygen atoms in total. The van der Waals surface area contributed by atoms with Crippen molar-refractivity contribution in [1.29, 1.82) is 0 Å². The molecule has 1 aromatic rings. The molecule has 1 saturated carbocycles. The van der Waals surface area contributed by atoms with Crippen molar-refractivity contribution >= 4 is 9.84 Å². The maximum Gasteiger partial charge on any atom is 0.178 e. The van der Waals surface area contributed by atoms with E-state index in [0.29, 0.717) is 4.90 Å². The van der Waals surface area contributed by atoms with Crippen molar-refractivity contribution in [2.75, 3.05) is 12.9 Å². The first-order valence-corrected chi connectivity index (χ1v) is 8.50. The summed E-state index contributed by atoms with van der Waals surface area (Å²) < 4.78 is 30.3. The number of ether oxygens (including phenoxy) is 1. The highest BCUT2D eigenvalue weighted by atomic mass is 32.2. The Hall–Kier alpha value is -0.870. The minimum absolute atomic E-state index is 0.0916. The molecule has 0 saturated heterocycles. The van der Waals surface area contributed by atoms with Gasteiger partial charge in [-0.1, -0.05) is 30.5 Å². The van der Waals surface area contributed by atoms with E-state index >= 15 is 0 Å². The van der Waals surface area contributed by atoms with Crippen LogP contribution in [0.5, 0.6) is 0 Å². The second kappa shape index (κ2) is 6.06. The molecule has 0 unspecified atom stereocenters. The Bertz CT molecular complexity index is 505. The number of methoxy groups -OCH3 is 1. The first-order chi connectivity index (χ1) is 9.03. The molecule has 1 fully saturated rings. The standard InChI is InChI=1S/C15H22O3S/c1-12-7-9-14(10-8-12)19(16,17)11-13-5-3-4-6-15(13)18-2/h7-10,13,15H,3-6,11H2,1-2H3/t13-,15+/m0/s1. The Balaban J connectivity index is 2.14. The van der Waals surface area contributed by atoms with Gasteiger partial charge in [0.05, 0.1) is 16.8 Å². The Morgan fingerprint density at radius 3 is 2.42 bits per heavy atom. The number of hydrogen-bond acceptors (Lipinski definition) is 3. The van der Waals surface area contributed by atoms with Crippen molar-refractivity contribution in [3.8, 4) is 0 Å². The van der Waals surface area contributed by atoms with Crippen molar-refractivity contribution in [1.82, 2.24) is 0 Å². The number of hydrogen-bond donors (Lipinski definition) is 0. The van der Waals surface area contributed by atoms with Crippen molar-refractivity contribution in [3.63, 3.8) is 0 Å². The summed E-state index contributed by atoms with van der Waals surface area (Å²) in [6, 6.07) is 7.10. The van der Waals surface area contributed by atoms with E-state index in [1.165, 1.54) is 0 Å². The highest BCUT2D eigenvalue weighted by molar-refractivity contribution is 7.91. The van der Waals surface area contributed by atoms with Crippen LogP contribution in [0.25, 0.3) is 0 Å². The van der Waals surface area contributed by atoms with E-state index in [1.807, 2.05) is 19.1 Å². The van der Waals surface area contributed by atoms with Gasteiger partial charge in [0.1, 0.15) is 0 Å². The molecule has 0 N–H and O–H groups in total. The summed E-state index contributed by atoms with van der Waals surface area (Å²) >= 11 is 0. The second-order valence-electron chi connectivity index (χ2n) is 5.41. The quantitative estimate of drug-likeness (QED) is 0.852. The first-order valence-electron chi connectivity index (χ1n) is 6.85. The number of aryl methyl sites for hydroxylation is 1. The lowest BCUT2D eigenvalue weighted by Gasteiger charge is -2.30. The van der Waals surface area contributed by atoms with Gasteiger partial charge < -0.3 is 4.74 Å². The molecule has 0 spiro atoms. The van der Waals surface area contributed by atoms with Crippen LogP contribution in [-0.4, -0.2) is 27.4 Å². The highest BCUT2D eigenvalue weighted by Gasteiger charge is 2.30. The van der Waals surface area contributed by atoms with Gasteiger partial charge in [0.2, 0.25) is 0 Å². The summed E-state index contributed by atoms with van der Waals surface area (Å²) in [5, 5.41) is 0. The first kappa shape index (κ1) is 14.5. The summed E-state index contributed by atoms with van der Waals surface area (Å²) in [6.07, 6.45) is 4.26. The summed E-state index contributed by atoms with van der Waals surface area (Å²) in [5.74, 6) is 0.333. The molecule has 4 heteroatoms. The van der Waals surface area contributed by atoms with Gasteiger partial charge in [0.15, 0.2) is 9.84 Å². The van der Waals surface area contributed by atoms with E-state index in [0.717, 1.165) is 31.2 Å². The van der Waals surface area contributed by atoms with Crippen LogP contribution in [0.3, 0.4) is 0 Å². The summed E-state index contributed by atoms with van der Waals surface area (Å²) in [5.41, 5.74) is 1.08. The van der Waals surface area contributed by atoms with E-state index in [2.05, 4.69) is 0 Å². The molecular weight excluding hydrogens is 260 g/mol. The molecule has 0 radical (unpaired) electrons. The lowest BCUT2D eigenvalue weighted by molar-refractivity contribution is 0.0322.